The molecular weight excluding hydrogens is 244 g/mol. The van der Waals surface area contributed by atoms with Crippen LogP contribution in [0.5, 0.6) is 0 Å². The third kappa shape index (κ3) is 0.988. The monoisotopic (exact) mass is 270 g/mol. The minimum atomic E-state index is -0.279. The number of aliphatic hydroxyl groups is 1. The van der Waals surface area contributed by atoms with Gasteiger partial charge < -0.3 is 5.11 Å². The van der Waals surface area contributed by atoms with E-state index in [0.29, 0.717) is 5.92 Å². The summed E-state index contributed by atoms with van der Waals surface area (Å²) in [5.41, 5.74) is -0.279. The van der Waals surface area contributed by atoms with Gasteiger partial charge in [0.05, 0.1) is 5.60 Å². The average molecular weight is 270 g/mol. The van der Waals surface area contributed by atoms with Crippen molar-refractivity contribution in [3.05, 3.63) is 12.2 Å². The molecule has 1 N–H and O–H groups in total. The highest BCUT2D eigenvalue weighted by Crippen LogP contribution is 2.76. The Hall–Kier alpha value is -0.300. The molecule has 1 nitrogen and oxygen atoms in total. The highest BCUT2D eigenvalue weighted by Gasteiger charge is 2.72. The molecular formula is C19H26O. The number of allylic oxidation sites excluding steroid dienone is 2. The lowest BCUT2D eigenvalue weighted by atomic mass is 9.58. The van der Waals surface area contributed by atoms with Gasteiger partial charge in [0.15, 0.2) is 0 Å². The lowest BCUT2D eigenvalue weighted by Gasteiger charge is -2.48. The summed E-state index contributed by atoms with van der Waals surface area (Å²) in [5, 5.41) is 11.0. The summed E-state index contributed by atoms with van der Waals surface area (Å²) in [4.78, 5) is 0. The Kier molecular flexibility index (Phi) is 1.81. The first-order chi connectivity index (χ1) is 9.71. The van der Waals surface area contributed by atoms with Gasteiger partial charge in [0.2, 0.25) is 0 Å². The van der Waals surface area contributed by atoms with Crippen molar-refractivity contribution in [3.8, 4) is 0 Å². The predicted octanol–water partition coefficient (Wildman–Crippen LogP) is 3.49. The van der Waals surface area contributed by atoms with E-state index in [1.807, 2.05) is 0 Å². The third-order valence-electron chi connectivity index (χ3n) is 9.03. The van der Waals surface area contributed by atoms with Gasteiger partial charge in [0.1, 0.15) is 0 Å². The highest BCUT2D eigenvalue weighted by atomic mass is 16.3. The molecule has 6 bridgehead atoms. The minimum absolute atomic E-state index is 0.279. The number of rotatable bonds is 1. The maximum atomic E-state index is 11.0. The summed E-state index contributed by atoms with van der Waals surface area (Å²) >= 11 is 0. The maximum Gasteiger partial charge on any atom is 0.0678 e. The van der Waals surface area contributed by atoms with Crippen LogP contribution in [0.3, 0.4) is 0 Å². The van der Waals surface area contributed by atoms with E-state index < -0.39 is 0 Å². The van der Waals surface area contributed by atoms with Gasteiger partial charge in [-0.25, -0.2) is 0 Å². The Bertz CT molecular complexity index is 510. The molecule has 1 heteroatoms. The van der Waals surface area contributed by atoms with Crippen molar-refractivity contribution < 1.29 is 5.11 Å². The van der Waals surface area contributed by atoms with Crippen molar-refractivity contribution in [2.75, 3.05) is 0 Å². The Labute approximate surface area is 121 Å². The van der Waals surface area contributed by atoms with Gasteiger partial charge in [-0.05, 0) is 91.3 Å². The van der Waals surface area contributed by atoms with Gasteiger partial charge in [0, 0.05) is 0 Å². The topological polar surface area (TPSA) is 20.2 Å². The molecule has 11 unspecified atom stereocenters. The lowest BCUT2D eigenvalue weighted by molar-refractivity contribution is -0.0829. The minimum Gasteiger partial charge on any atom is -0.390 e. The van der Waals surface area contributed by atoms with Gasteiger partial charge in [0.25, 0.3) is 0 Å². The summed E-state index contributed by atoms with van der Waals surface area (Å²) in [6.07, 6.45) is 11.6. The van der Waals surface area contributed by atoms with Gasteiger partial charge in [-0.3, -0.25) is 0 Å². The van der Waals surface area contributed by atoms with E-state index in [4.69, 9.17) is 0 Å². The van der Waals surface area contributed by atoms with Crippen LogP contribution in [0.2, 0.25) is 0 Å². The van der Waals surface area contributed by atoms with Crippen molar-refractivity contribution in [1.29, 1.82) is 0 Å². The van der Waals surface area contributed by atoms with E-state index in [1.165, 1.54) is 19.3 Å². The molecule has 0 aliphatic heterocycles. The molecule has 0 amide bonds. The molecule has 0 radical (unpaired) electrons. The van der Waals surface area contributed by atoms with E-state index in [9.17, 15) is 5.11 Å². The first kappa shape index (κ1) is 11.3. The number of fused-ring (bicyclic) bond motifs is 16. The Morgan fingerprint density at radius 1 is 0.950 bits per heavy atom. The molecule has 5 saturated carbocycles. The largest absolute Gasteiger partial charge is 0.390 e. The molecule has 6 aliphatic rings. The maximum absolute atomic E-state index is 11.0. The van der Waals surface area contributed by atoms with Crippen LogP contribution in [-0.4, -0.2) is 10.7 Å². The number of hydrogen-bond acceptors (Lipinski definition) is 1. The Morgan fingerprint density at radius 2 is 1.65 bits per heavy atom. The molecule has 5 fully saturated rings. The molecule has 0 spiro atoms. The van der Waals surface area contributed by atoms with Crippen LogP contribution < -0.4 is 0 Å². The quantitative estimate of drug-likeness (QED) is 0.571. The molecule has 0 saturated heterocycles. The van der Waals surface area contributed by atoms with Crippen molar-refractivity contribution >= 4 is 0 Å². The van der Waals surface area contributed by atoms with Crippen LogP contribution in [0.15, 0.2) is 12.2 Å². The van der Waals surface area contributed by atoms with Gasteiger partial charge in [-0.15, -0.1) is 0 Å². The van der Waals surface area contributed by atoms with Gasteiger partial charge >= 0.3 is 0 Å². The Balaban J connectivity index is 1.43. The molecule has 20 heavy (non-hydrogen) atoms. The summed E-state index contributed by atoms with van der Waals surface area (Å²) < 4.78 is 0. The molecule has 6 rings (SSSR count). The van der Waals surface area contributed by atoms with Crippen LogP contribution in [0.4, 0.5) is 0 Å². The van der Waals surface area contributed by atoms with Gasteiger partial charge in [-0.2, -0.15) is 0 Å². The summed E-state index contributed by atoms with van der Waals surface area (Å²) in [5.74, 6) is 9.48. The van der Waals surface area contributed by atoms with Gasteiger partial charge in [-0.1, -0.05) is 19.1 Å². The molecule has 108 valence electrons. The second-order valence-electron chi connectivity index (χ2n) is 9.08. The van der Waals surface area contributed by atoms with E-state index >= 15 is 0 Å². The van der Waals surface area contributed by atoms with Crippen molar-refractivity contribution in [1.82, 2.24) is 0 Å². The van der Waals surface area contributed by atoms with Crippen LogP contribution in [0.1, 0.15) is 39.0 Å². The molecule has 6 aliphatic carbocycles. The summed E-state index contributed by atoms with van der Waals surface area (Å²) in [7, 11) is 0. The zero-order valence-electron chi connectivity index (χ0n) is 12.4. The van der Waals surface area contributed by atoms with Crippen LogP contribution in [0, 0.1) is 59.2 Å². The molecule has 11 atom stereocenters. The molecule has 0 aromatic carbocycles. The van der Waals surface area contributed by atoms with E-state index in [-0.39, 0.29) is 5.60 Å². The first-order valence-corrected chi connectivity index (χ1v) is 9.12. The van der Waals surface area contributed by atoms with Crippen LogP contribution in [-0.2, 0) is 0 Å². The zero-order valence-corrected chi connectivity index (χ0v) is 12.4. The van der Waals surface area contributed by atoms with E-state index in [2.05, 4.69) is 19.1 Å². The van der Waals surface area contributed by atoms with Crippen LogP contribution >= 0.6 is 0 Å². The second kappa shape index (κ2) is 3.21. The molecule has 0 heterocycles. The molecule has 0 aromatic heterocycles. The van der Waals surface area contributed by atoms with Crippen molar-refractivity contribution in [2.45, 2.75) is 44.6 Å². The summed E-state index contributed by atoms with van der Waals surface area (Å²) in [6, 6.07) is 0. The molecule has 0 aromatic rings. The number of hydrogen-bond donors (Lipinski definition) is 1. The predicted molar refractivity (Wildman–Crippen MR) is 77.7 cm³/mol. The van der Waals surface area contributed by atoms with Crippen molar-refractivity contribution in [2.24, 2.45) is 59.2 Å². The smallest absolute Gasteiger partial charge is 0.0678 e. The highest BCUT2D eigenvalue weighted by molar-refractivity contribution is 5.26. The summed E-state index contributed by atoms with van der Waals surface area (Å²) in [6.45, 7) is 2.21. The third-order valence-corrected chi connectivity index (χ3v) is 9.03. The van der Waals surface area contributed by atoms with E-state index in [0.717, 1.165) is 66.1 Å². The SMILES string of the molecule is CCC1(O)CC2CC1C1C3CC(C4C5C=CC(C5)C34)C21. The zero-order chi connectivity index (χ0) is 13.2. The average Bonchev–Trinajstić information content (AvgIpc) is 3.22. The normalized spacial score (nSPS) is 70.9. The fourth-order valence-corrected chi connectivity index (χ4v) is 8.81. The second-order valence-corrected chi connectivity index (χ2v) is 9.08. The lowest BCUT2D eigenvalue weighted by Crippen LogP contribution is -2.48. The fourth-order valence-electron chi connectivity index (χ4n) is 8.81. The standard InChI is InChI=1S/C19H26O/c1-2-19(20)8-11-6-14(19)18-13-7-12(17(11)18)15-9-3-4-10(5-9)16(13)15/h3-4,9-18,20H,2,5-8H2,1H3. The van der Waals surface area contributed by atoms with Crippen molar-refractivity contribution in [3.63, 3.8) is 0 Å². The Morgan fingerprint density at radius 3 is 2.35 bits per heavy atom. The first-order valence-electron chi connectivity index (χ1n) is 9.12. The van der Waals surface area contributed by atoms with E-state index in [1.54, 1.807) is 0 Å². The fraction of sp³-hybridized carbons (Fsp3) is 0.895. The van der Waals surface area contributed by atoms with Crippen LogP contribution in [0.25, 0.3) is 0 Å².